The predicted molar refractivity (Wildman–Crippen MR) is 66.5 cm³/mol. The van der Waals surface area contributed by atoms with Crippen LogP contribution in [0.2, 0.25) is 0 Å². The zero-order valence-electron chi connectivity index (χ0n) is 9.16. The fourth-order valence-corrected chi connectivity index (χ4v) is 4.15. The summed E-state index contributed by atoms with van der Waals surface area (Å²) in [6, 6.07) is 6.78. The number of rotatable bonds is 0. The van der Waals surface area contributed by atoms with Crippen LogP contribution < -0.4 is 0 Å². The van der Waals surface area contributed by atoms with E-state index in [0.29, 0.717) is 12.2 Å². The van der Waals surface area contributed by atoms with Crippen LogP contribution in [0.4, 0.5) is 0 Å². The lowest BCUT2D eigenvalue weighted by Crippen LogP contribution is -2.27. The van der Waals surface area contributed by atoms with E-state index in [-0.39, 0.29) is 0 Å². The predicted octanol–water partition coefficient (Wildman–Crippen LogP) is 4.18. The van der Waals surface area contributed by atoms with Gasteiger partial charge in [0.2, 0.25) is 0 Å². The minimum atomic E-state index is 0.423. The highest BCUT2D eigenvalue weighted by Gasteiger charge is 2.54. The van der Waals surface area contributed by atoms with E-state index in [2.05, 4.69) is 34.1 Å². The topological polar surface area (TPSA) is 12.5 Å². The Hall–Kier alpha value is -0.340. The lowest BCUT2D eigenvalue weighted by atomic mass is 9.68. The minimum Gasteiger partial charge on any atom is -0.364 e. The number of benzene rings is 1. The Balaban J connectivity index is 1.84. The van der Waals surface area contributed by atoms with Gasteiger partial charge in [-0.1, -0.05) is 34.8 Å². The van der Waals surface area contributed by atoms with Gasteiger partial charge in [0.1, 0.15) is 6.10 Å². The molecule has 0 aromatic heterocycles. The second-order valence-corrected chi connectivity index (χ2v) is 6.27. The maximum absolute atomic E-state index is 5.91. The quantitative estimate of drug-likeness (QED) is 0.649. The molecule has 1 saturated heterocycles. The van der Waals surface area contributed by atoms with Crippen LogP contribution >= 0.6 is 15.9 Å². The lowest BCUT2D eigenvalue weighted by molar-refractivity contribution is 0.237. The molecular formula is C14H15BrO. The first-order valence-electron chi connectivity index (χ1n) is 6.29. The number of fused-ring (bicyclic) bond motifs is 6. The van der Waals surface area contributed by atoms with Crippen LogP contribution in [0.5, 0.6) is 0 Å². The van der Waals surface area contributed by atoms with E-state index in [9.17, 15) is 0 Å². The monoisotopic (exact) mass is 278 g/mol. The summed E-state index contributed by atoms with van der Waals surface area (Å²) in [5, 5.41) is 0. The smallest absolute Gasteiger partial charge is 0.110 e. The molecule has 4 rings (SSSR count). The standard InChI is InChI=1S/C14H15BrO/c15-8-5-6-10-9-3-1-2-4-11(9)13-14(16-13)12(10)7-8/h5-7,9,11,13-14H,1-4H2. The summed E-state index contributed by atoms with van der Waals surface area (Å²) >= 11 is 3.57. The molecule has 16 heavy (non-hydrogen) atoms. The maximum Gasteiger partial charge on any atom is 0.110 e. The van der Waals surface area contributed by atoms with Gasteiger partial charge in [-0.05, 0) is 47.9 Å². The van der Waals surface area contributed by atoms with Gasteiger partial charge in [0.05, 0.1) is 6.10 Å². The Kier molecular flexibility index (Phi) is 2.01. The first-order valence-corrected chi connectivity index (χ1v) is 7.09. The van der Waals surface area contributed by atoms with Crippen LogP contribution in [-0.4, -0.2) is 6.10 Å². The molecule has 1 aromatic carbocycles. The largest absolute Gasteiger partial charge is 0.364 e. The third-order valence-corrected chi connectivity index (χ3v) is 5.02. The number of halogens is 1. The fraction of sp³-hybridized carbons (Fsp3) is 0.571. The van der Waals surface area contributed by atoms with Crippen LogP contribution in [0.15, 0.2) is 22.7 Å². The number of hydrogen-bond acceptors (Lipinski definition) is 1. The average molecular weight is 279 g/mol. The van der Waals surface area contributed by atoms with Crippen molar-refractivity contribution in [3.8, 4) is 0 Å². The first kappa shape index (κ1) is 9.67. The summed E-state index contributed by atoms with van der Waals surface area (Å²) in [7, 11) is 0. The molecule has 1 heterocycles. The molecular weight excluding hydrogens is 264 g/mol. The molecule has 4 unspecified atom stereocenters. The van der Waals surface area contributed by atoms with Crippen molar-refractivity contribution < 1.29 is 4.74 Å². The van der Waals surface area contributed by atoms with Crippen molar-refractivity contribution in [2.75, 3.05) is 0 Å². The Morgan fingerprint density at radius 2 is 2.00 bits per heavy atom. The molecule has 0 bridgehead atoms. The zero-order chi connectivity index (χ0) is 10.7. The molecule has 0 spiro atoms. The molecule has 1 saturated carbocycles. The molecule has 0 amide bonds. The zero-order valence-corrected chi connectivity index (χ0v) is 10.7. The molecule has 1 aliphatic heterocycles. The highest BCUT2D eigenvalue weighted by molar-refractivity contribution is 9.10. The summed E-state index contributed by atoms with van der Waals surface area (Å²) in [4.78, 5) is 0. The van der Waals surface area contributed by atoms with Gasteiger partial charge < -0.3 is 4.74 Å². The van der Waals surface area contributed by atoms with Crippen molar-refractivity contribution in [3.05, 3.63) is 33.8 Å². The van der Waals surface area contributed by atoms with Gasteiger partial charge in [-0.3, -0.25) is 0 Å². The average Bonchev–Trinajstić information content (AvgIpc) is 3.09. The summed E-state index contributed by atoms with van der Waals surface area (Å²) in [5.74, 6) is 1.59. The normalized spacial score (nSPS) is 39.6. The van der Waals surface area contributed by atoms with Gasteiger partial charge in [0.25, 0.3) is 0 Å². The summed E-state index contributed by atoms with van der Waals surface area (Å²) in [5.41, 5.74) is 3.04. The number of hydrogen-bond donors (Lipinski definition) is 0. The van der Waals surface area contributed by atoms with Crippen LogP contribution in [0.3, 0.4) is 0 Å². The third-order valence-electron chi connectivity index (χ3n) is 4.52. The van der Waals surface area contributed by atoms with Crippen LogP contribution in [0, 0.1) is 5.92 Å². The molecule has 0 radical (unpaired) electrons. The molecule has 1 nitrogen and oxygen atoms in total. The van der Waals surface area contributed by atoms with E-state index in [4.69, 9.17) is 4.74 Å². The van der Waals surface area contributed by atoms with E-state index in [1.54, 1.807) is 5.56 Å². The molecule has 3 aliphatic rings. The molecule has 2 fully saturated rings. The number of epoxide rings is 1. The molecule has 2 heteroatoms. The van der Waals surface area contributed by atoms with E-state index in [1.165, 1.54) is 35.7 Å². The van der Waals surface area contributed by atoms with Crippen molar-refractivity contribution in [1.82, 2.24) is 0 Å². The van der Waals surface area contributed by atoms with Gasteiger partial charge in [-0.2, -0.15) is 0 Å². The van der Waals surface area contributed by atoms with Crippen LogP contribution in [0.25, 0.3) is 0 Å². The molecule has 84 valence electrons. The highest BCUT2D eigenvalue weighted by atomic mass is 79.9. The number of ether oxygens (including phenoxy) is 1. The summed E-state index contributed by atoms with van der Waals surface area (Å²) in [6.45, 7) is 0. The van der Waals surface area contributed by atoms with E-state index in [0.717, 1.165) is 11.8 Å². The van der Waals surface area contributed by atoms with Crippen molar-refractivity contribution in [2.45, 2.75) is 43.8 Å². The second-order valence-electron chi connectivity index (χ2n) is 5.35. The van der Waals surface area contributed by atoms with Gasteiger partial charge in [-0.15, -0.1) is 0 Å². The maximum atomic E-state index is 5.91. The highest BCUT2D eigenvalue weighted by Crippen LogP contribution is 2.58. The first-order chi connectivity index (χ1) is 7.84. The minimum absolute atomic E-state index is 0.423. The summed E-state index contributed by atoms with van der Waals surface area (Å²) < 4.78 is 7.10. The molecule has 0 N–H and O–H groups in total. The summed E-state index contributed by atoms with van der Waals surface area (Å²) in [6.07, 6.45) is 6.51. The Bertz CT molecular complexity index is 442. The van der Waals surface area contributed by atoms with E-state index >= 15 is 0 Å². The Labute approximate surface area is 104 Å². The Morgan fingerprint density at radius 3 is 2.94 bits per heavy atom. The third kappa shape index (κ3) is 1.26. The Morgan fingerprint density at radius 1 is 1.12 bits per heavy atom. The fourth-order valence-electron chi connectivity index (χ4n) is 3.77. The van der Waals surface area contributed by atoms with Gasteiger partial charge in [0, 0.05) is 4.47 Å². The molecule has 2 aliphatic carbocycles. The SMILES string of the molecule is Brc1ccc2c(c1)C1OC1C1CCCCC21. The van der Waals surface area contributed by atoms with Gasteiger partial charge in [-0.25, -0.2) is 0 Å². The molecule has 1 aromatic rings. The van der Waals surface area contributed by atoms with Gasteiger partial charge >= 0.3 is 0 Å². The van der Waals surface area contributed by atoms with Crippen molar-refractivity contribution in [3.63, 3.8) is 0 Å². The van der Waals surface area contributed by atoms with Crippen LogP contribution in [-0.2, 0) is 4.74 Å². The van der Waals surface area contributed by atoms with Crippen molar-refractivity contribution >= 4 is 15.9 Å². The van der Waals surface area contributed by atoms with Gasteiger partial charge in [0.15, 0.2) is 0 Å². The second kappa shape index (κ2) is 3.33. The molecule has 4 atom stereocenters. The van der Waals surface area contributed by atoms with Crippen molar-refractivity contribution in [1.29, 1.82) is 0 Å². The lowest BCUT2D eigenvalue weighted by Gasteiger charge is -2.35. The van der Waals surface area contributed by atoms with E-state index in [1.807, 2.05) is 0 Å². The van der Waals surface area contributed by atoms with Crippen molar-refractivity contribution in [2.24, 2.45) is 5.92 Å². The van der Waals surface area contributed by atoms with E-state index < -0.39 is 0 Å². The van der Waals surface area contributed by atoms with Crippen LogP contribution in [0.1, 0.15) is 48.8 Å².